The van der Waals surface area contributed by atoms with Crippen molar-refractivity contribution in [2.45, 2.75) is 5.66 Å². The molecule has 0 amide bonds. The van der Waals surface area contributed by atoms with Gasteiger partial charge in [0.05, 0.1) is 7.11 Å². The van der Waals surface area contributed by atoms with E-state index >= 15 is 4.57 Å². The van der Waals surface area contributed by atoms with Crippen LogP contribution in [0, 0.1) is 0 Å². The summed E-state index contributed by atoms with van der Waals surface area (Å²) in [7, 11) is -1.86. The molecular weight excluding hydrogens is 583 g/mol. The zero-order chi connectivity index (χ0) is 31.1. The molecule has 0 saturated carbocycles. The van der Waals surface area contributed by atoms with Crippen molar-refractivity contribution in [3.05, 3.63) is 186 Å². The van der Waals surface area contributed by atoms with E-state index < -0.39 is 12.8 Å². The molecule has 0 N–H and O–H groups in total. The van der Waals surface area contributed by atoms with Gasteiger partial charge in [0.15, 0.2) is 7.14 Å². The SMILES string of the molecule is COc1ccc2c(c1)OC(=C(c1ccccc1)c1ccccc1)C2P(=O)(c1ccc2ccccc2c1)c1ccc2ccccc2c1. The molecule has 222 valence electrons. The first-order valence-electron chi connectivity index (χ1n) is 15.4. The van der Waals surface area contributed by atoms with Crippen molar-refractivity contribution in [3.8, 4) is 11.5 Å². The number of rotatable bonds is 6. The van der Waals surface area contributed by atoms with E-state index in [1.54, 1.807) is 7.11 Å². The van der Waals surface area contributed by atoms with Crippen molar-refractivity contribution in [2.75, 3.05) is 7.11 Å². The quantitative estimate of drug-likeness (QED) is 0.175. The third kappa shape index (κ3) is 4.72. The fraction of sp³-hybridized carbons (Fsp3) is 0.0476. The Bertz CT molecular complexity index is 2180. The van der Waals surface area contributed by atoms with Crippen molar-refractivity contribution in [1.82, 2.24) is 0 Å². The Morgan fingerprint density at radius 2 is 1.07 bits per heavy atom. The molecule has 7 aromatic rings. The van der Waals surface area contributed by atoms with Gasteiger partial charge in [-0.3, -0.25) is 0 Å². The lowest BCUT2D eigenvalue weighted by Crippen LogP contribution is -2.22. The molecule has 0 saturated heterocycles. The van der Waals surface area contributed by atoms with Crippen LogP contribution >= 0.6 is 7.14 Å². The molecule has 46 heavy (non-hydrogen) atoms. The number of ether oxygens (including phenoxy) is 2. The molecule has 1 aliphatic heterocycles. The Balaban J connectivity index is 1.49. The first kappa shape index (κ1) is 28.1. The third-order valence-corrected chi connectivity index (χ3v) is 12.3. The third-order valence-electron chi connectivity index (χ3n) is 8.95. The summed E-state index contributed by atoms with van der Waals surface area (Å²) in [4.78, 5) is 0. The first-order valence-corrected chi connectivity index (χ1v) is 17.2. The average Bonchev–Trinajstić information content (AvgIpc) is 3.50. The Morgan fingerprint density at radius 3 is 1.59 bits per heavy atom. The Morgan fingerprint density at radius 1 is 0.565 bits per heavy atom. The lowest BCUT2D eigenvalue weighted by molar-refractivity contribution is 0.406. The molecule has 0 fully saturated rings. The minimum Gasteiger partial charge on any atom is -0.497 e. The van der Waals surface area contributed by atoms with Gasteiger partial charge in [0.2, 0.25) is 0 Å². The predicted molar refractivity (Wildman–Crippen MR) is 190 cm³/mol. The van der Waals surface area contributed by atoms with Crippen molar-refractivity contribution < 1.29 is 14.0 Å². The Kier molecular flexibility index (Phi) is 7.05. The van der Waals surface area contributed by atoms with Crippen LogP contribution in [0.3, 0.4) is 0 Å². The highest BCUT2D eigenvalue weighted by Crippen LogP contribution is 2.66. The molecule has 7 aromatic carbocycles. The van der Waals surface area contributed by atoms with Gasteiger partial charge in [-0.1, -0.05) is 140 Å². The van der Waals surface area contributed by atoms with Crippen molar-refractivity contribution in [2.24, 2.45) is 0 Å². The van der Waals surface area contributed by atoms with Crippen LogP contribution in [0.25, 0.3) is 27.1 Å². The fourth-order valence-corrected chi connectivity index (χ4v) is 9.96. The molecule has 0 aliphatic carbocycles. The monoisotopic (exact) mass is 614 g/mol. The van der Waals surface area contributed by atoms with E-state index in [0.717, 1.165) is 54.4 Å². The fourth-order valence-electron chi connectivity index (χ4n) is 6.69. The van der Waals surface area contributed by atoms with E-state index in [1.165, 1.54) is 0 Å². The highest BCUT2D eigenvalue weighted by atomic mass is 31.2. The van der Waals surface area contributed by atoms with Gasteiger partial charge in [-0.05, 0) is 50.9 Å². The number of benzene rings is 7. The second-order valence-corrected chi connectivity index (χ2v) is 14.5. The summed E-state index contributed by atoms with van der Waals surface area (Å²) in [6.45, 7) is 0. The predicted octanol–water partition coefficient (Wildman–Crippen LogP) is 9.91. The summed E-state index contributed by atoms with van der Waals surface area (Å²) < 4.78 is 29.2. The Hall–Kier alpha value is -5.37. The molecule has 8 rings (SSSR count). The van der Waals surface area contributed by atoms with Crippen LogP contribution in [-0.2, 0) is 4.57 Å². The lowest BCUT2D eigenvalue weighted by Gasteiger charge is -2.28. The van der Waals surface area contributed by atoms with Crippen molar-refractivity contribution in [1.29, 1.82) is 0 Å². The molecule has 4 heteroatoms. The van der Waals surface area contributed by atoms with Crippen LogP contribution in [0.1, 0.15) is 22.3 Å². The van der Waals surface area contributed by atoms with Gasteiger partial charge in [0.1, 0.15) is 22.9 Å². The van der Waals surface area contributed by atoms with E-state index in [2.05, 4.69) is 72.8 Å². The van der Waals surface area contributed by atoms with Gasteiger partial charge >= 0.3 is 0 Å². The zero-order valence-electron chi connectivity index (χ0n) is 25.3. The molecule has 1 heterocycles. The molecule has 1 atom stereocenters. The van der Waals surface area contributed by atoms with E-state index in [-0.39, 0.29) is 0 Å². The van der Waals surface area contributed by atoms with Crippen LogP contribution in [0.4, 0.5) is 0 Å². The maximum Gasteiger partial charge on any atom is 0.157 e. The second kappa shape index (κ2) is 11.5. The largest absolute Gasteiger partial charge is 0.497 e. The van der Waals surface area contributed by atoms with Gasteiger partial charge in [0, 0.05) is 27.8 Å². The van der Waals surface area contributed by atoms with Crippen molar-refractivity contribution in [3.63, 3.8) is 0 Å². The molecule has 1 aliphatic rings. The standard InChI is InChI=1S/C42H31O3P/c1-44-35-22-25-38-39(28-35)45-41(40(31-14-4-2-5-15-31)32-16-6-3-7-17-32)42(38)46(43,36-23-20-29-12-8-10-18-33(29)26-36)37-24-21-30-13-9-11-19-34(30)27-37/h2-28,42H,1H3. The number of allylic oxidation sites excluding steroid dienone is 1. The molecule has 0 aromatic heterocycles. The van der Waals surface area contributed by atoms with Gasteiger partial charge in [0.25, 0.3) is 0 Å². The molecule has 1 unspecified atom stereocenters. The second-order valence-electron chi connectivity index (χ2n) is 11.6. The van der Waals surface area contributed by atoms with Crippen LogP contribution in [0.2, 0.25) is 0 Å². The Labute approximate surface area is 268 Å². The smallest absolute Gasteiger partial charge is 0.157 e. The van der Waals surface area contributed by atoms with E-state index in [0.29, 0.717) is 17.3 Å². The zero-order valence-corrected chi connectivity index (χ0v) is 26.2. The number of fused-ring (bicyclic) bond motifs is 3. The van der Waals surface area contributed by atoms with Gasteiger partial charge in [-0.2, -0.15) is 0 Å². The molecule has 3 nitrogen and oxygen atoms in total. The van der Waals surface area contributed by atoms with Crippen molar-refractivity contribution >= 4 is 44.9 Å². The van der Waals surface area contributed by atoms with E-state index in [1.807, 2.05) is 91.0 Å². The number of methoxy groups -OCH3 is 1. The van der Waals surface area contributed by atoms with Gasteiger partial charge in [-0.25, -0.2) is 0 Å². The van der Waals surface area contributed by atoms with Crippen LogP contribution in [-0.4, -0.2) is 7.11 Å². The molecular formula is C42H31O3P. The molecule has 0 spiro atoms. The summed E-state index contributed by atoms with van der Waals surface area (Å²) in [5.74, 6) is 2.02. The van der Waals surface area contributed by atoms with Gasteiger partial charge < -0.3 is 14.0 Å². The van der Waals surface area contributed by atoms with Crippen LogP contribution < -0.4 is 20.1 Å². The number of hydrogen-bond acceptors (Lipinski definition) is 3. The van der Waals surface area contributed by atoms with Crippen LogP contribution in [0.5, 0.6) is 11.5 Å². The maximum absolute atomic E-state index is 16.7. The van der Waals surface area contributed by atoms with Crippen LogP contribution in [0.15, 0.2) is 170 Å². The first-order chi connectivity index (χ1) is 22.6. The average molecular weight is 615 g/mol. The normalized spacial score (nSPS) is 14.2. The summed E-state index contributed by atoms with van der Waals surface area (Å²) in [5.41, 5.74) is 3.20. The minimum absolute atomic E-state index is 0.592. The summed E-state index contributed by atoms with van der Waals surface area (Å²) >= 11 is 0. The van der Waals surface area contributed by atoms with E-state index in [9.17, 15) is 0 Å². The number of hydrogen-bond donors (Lipinski definition) is 0. The highest BCUT2D eigenvalue weighted by Gasteiger charge is 2.48. The topological polar surface area (TPSA) is 35.5 Å². The van der Waals surface area contributed by atoms with Gasteiger partial charge in [-0.15, -0.1) is 0 Å². The minimum atomic E-state index is -3.51. The lowest BCUT2D eigenvalue weighted by atomic mass is 9.95. The molecule has 0 radical (unpaired) electrons. The summed E-state index contributed by atoms with van der Waals surface area (Å²) in [6.07, 6.45) is 0. The highest BCUT2D eigenvalue weighted by molar-refractivity contribution is 7.79. The molecule has 0 bridgehead atoms. The maximum atomic E-state index is 16.7. The summed E-state index contributed by atoms with van der Waals surface area (Å²) in [5, 5.41) is 5.88. The van der Waals surface area contributed by atoms with E-state index in [4.69, 9.17) is 9.47 Å². The summed E-state index contributed by atoms with van der Waals surface area (Å²) in [6, 6.07) is 55.4.